The molecular weight excluding hydrogens is 416 g/mol. The van der Waals surface area contributed by atoms with Gasteiger partial charge in [0.2, 0.25) is 5.78 Å². The van der Waals surface area contributed by atoms with Crippen molar-refractivity contribution in [1.82, 2.24) is 0 Å². The third-order valence-corrected chi connectivity index (χ3v) is 6.74. The van der Waals surface area contributed by atoms with E-state index < -0.39 is 0 Å². The van der Waals surface area contributed by atoms with E-state index in [1.54, 1.807) is 13.2 Å². The molecule has 4 nitrogen and oxygen atoms in total. The molecule has 0 fully saturated rings. The highest BCUT2D eigenvalue weighted by Crippen LogP contribution is 2.43. The summed E-state index contributed by atoms with van der Waals surface area (Å²) in [6.45, 7) is 1.94. The van der Waals surface area contributed by atoms with E-state index in [-0.39, 0.29) is 5.78 Å². The van der Waals surface area contributed by atoms with Crippen molar-refractivity contribution < 1.29 is 19.1 Å². The molecule has 0 unspecified atom stereocenters. The normalized spacial score (nSPS) is 11.1. The first-order chi connectivity index (χ1) is 14.6. The summed E-state index contributed by atoms with van der Waals surface area (Å²) < 4.78 is 12.5. The second kappa shape index (κ2) is 8.65. The Morgan fingerprint density at radius 1 is 1.00 bits per heavy atom. The molecule has 0 aliphatic heterocycles. The highest BCUT2D eigenvalue weighted by atomic mass is 32.1. The zero-order chi connectivity index (χ0) is 21.1. The van der Waals surface area contributed by atoms with Gasteiger partial charge in [-0.05, 0) is 65.9 Å². The van der Waals surface area contributed by atoms with Crippen LogP contribution >= 0.6 is 22.7 Å². The fraction of sp³-hybridized carbons (Fsp3) is 0.0833. The summed E-state index contributed by atoms with van der Waals surface area (Å²) in [6.07, 6.45) is 3.90. The Bertz CT molecular complexity index is 1250. The molecule has 4 rings (SSSR count). The van der Waals surface area contributed by atoms with E-state index in [0.717, 1.165) is 33.2 Å². The summed E-state index contributed by atoms with van der Waals surface area (Å²) in [7, 11) is 1.62. The molecule has 0 bridgehead atoms. The molecule has 0 spiro atoms. The van der Waals surface area contributed by atoms with E-state index in [4.69, 9.17) is 9.47 Å². The van der Waals surface area contributed by atoms with Gasteiger partial charge in [-0.25, -0.2) is 0 Å². The van der Waals surface area contributed by atoms with Crippen molar-refractivity contribution in [3.05, 3.63) is 80.9 Å². The van der Waals surface area contributed by atoms with Gasteiger partial charge < -0.3 is 9.47 Å². The number of aldehydes is 1. The molecule has 2 aromatic heterocycles. The number of rotatable bonds is 7. The lowest BCUT2D eigenvalue weighted by Gasteiger charge is -2.08. The number of hydrogen-bond donors (Lipinski definition) is 0. The van der Waals surface area contributed by atoms with Gasteiger partial charge in [0.1, 0.15) is 22.7 Å². The molecule has 0 atom stereocenters. The minimum atomic E-state index is -0.0387. The Hall–Kier alpha value is -3.22. The molecule has 0 saturated carbocycles. The topological polar surface area (TPSA) is 52.6 Å². The second-order valence-electron chi connectivity index (χ2n) is 6.55. The van der Waals surface area contributed by atoms with Gasteiger partial charge in [0, 0.05) is 10.1 Å². The third-order valence-electron chi connectivity index (χ3n) is 4.59. The van der Waals surface area contributed by atoms with Crippen LogP contribution in [0.3, 0.4) is 0 Å². The Balaban J connectivity index is 1.78. The summed E-state index contributed by atoms with van der Waals surface area (Å²) in [5.74, 6) is 1.86. The quantitative estimate of drug-likeness (QED) is 0.189. The Morgan fingerprint density at radius 2 is 1.77 bits per heavy atom. The molecule has 30 heavy (non-hydrogen) atoms. The number of fused-ring (bicyclic) bond motifs is 1. The van der Waals surface area contributed by atoms with Gasteiger partial charge in [-0.1, -0.05) is 18.2 Å². The molecule has 0 aliphatic rings. The average molecular weight is 435 g/mol. The van der Waals surface area contributed by atoms with E-state index in [1.807, 2.05) is 60.8 Å². The van der Waals surface area contributed by atoms with Crippen LogP contribution in [0.1, 0.15) is 25.7 Å². The molecule has 0 N–H and O–H groups in total. The van der Waals surface area contributed by atoms with Crippen molar-refractivity contribution in [1.29, 1.82) is 0 Å². The molecule has 150 valence electrons. The van der Waals surface area contributed by atoms with Crippen LogP contribution in [0.25, 0.3) is 16.2 Å². The van der Waals surface area contributed by atoms with E-state index in [9.17, 15) is 9.59 Å². The van der Waals surface area contributed by atoms with Crippen molar-refractivity contribution >= 4 is 50.9 Å². The number of ether oxygens (including phenoxy) is 2. The average Bonchev–Trinajstić information content (AvgIpc) is 3.36. The summed E-state index contributed by atoms with van der Waals surface area (Å²) >= 11 is 2.84. The van der Waals surface area contributed by atoms with Crippen LogP contribution in [0, 0.1) is 6.92 Å². The maximum atomic E-state index is 13.3. The SMILES string of the molecule is COc1ccc2c(Oc3ccc(/C=C/C=O)cc3)c(C(=O)c3sccc3C)sc2c1. The fourth-order valence-corrected chi connectivity index (χ4v) is 5.10. The molecule has 2 aromatic carbocycles. The Labute approximate surface area is 182 Å². The first kappa shape index (κ1) is 20.1. The summed E-state index contributed by atoms with van der Waals surface area (Å²) in [4.78, 5) is 25.1. The van der Waals surface area contributed by atoms with E-state index in [0.29, 0.717) is 21.3 Å². The van der Waals surface area contributed by atoms with Crippen molar-refractivity contribution in [2.24, 2.45) is 0 Å². The van der Waals surface area contributed by atoms with Gasteiger partial charge in [0.05, 0.1) is 12.0 Å². The van der Waals surface area contributed by atoms with Crippen LogP contribution in [0.5, 0.6) is 17.2 Å². The minimum Gasteiger partial charge on any atom is -0.497 e. The third kappa shape index (κ3) is 3.92. The van der Waals surface area contributed by atoms with Gasteiger partial charge >= 0.3 is 0 Å². The molecule has 0 saturated heterocycles. The lowest BCUT2D eigenvalue weighted by molar-refractivity contribution is -0.104. The van der Waals surface area contributed by atoms with Crippen LogP contribution in [0.2, 0.25) is 0 Å². The van der Waals surface area contributed by atoms with Crippen LogP contribution in [-0.4, -0.2) is 19.2 Å². The highest BCUT2D eigenvalue weighted by Gasteiger charge is 2.24. The van der Waals surface area contributed by atoms with Crippen LogP contribution in [0.15, 0.2) is 60.0 Å². The zero-order valence-electron chi connectivity index (χ0n) is 16.4. The van der Waals surface area contributed by atoms with Crippen molar-refractivity contribution in [3.8, 4) is 17.2 Å². The second-order valence-corrected chi connectivity index (χ2v) is 8.52. The monoisotopic (exact) mass is 434 g/mol. The van der Waals surface area contributed by atoms with Crippen molar-refractivity contribution in [2.45, 2.75) is 6.92 Å². The molecule has 6 heteroatoms. The number of allylic oxidation sites excluding steroid dienone is 1. The first-order valence-corrected chi connectivity index (χ1v) is 10.9. The number of hydrogen-bond acceptors (Lipinski definition) is 6. The first-order valence-electron chi connectivity index (χ1n) is 9.20. The number of thiophene rings is 2. The highest BCUT2D eigenvalue weighted by molar-refractivity contribution is 7.22. The zero-order valence-corrected chi connectivity index (χ0v) is 18.0. The number of aryl methyl sites for hydroxylation is 1. The molecule has 0 aliphatic carbocycles. The lowest BCUT2D eigenvalue weighted by atomic mass is 10.1. The maximum Gasteiger partial charge on any atom is 0.216 e. The van der Waals surface area contributed by atoms with Crippen LogP contribution in [-0.2, 0) is 4.79 Å². The van der Waals surface area contributed by atoms with Crippen molar-refractivity contribution in [2.75, 3.05) is 7.11 Å². The van der Waals surface area contributed by atoms with Crippen molar-refractivity contribution in [3.63, 3.8) is 0 Å². The smallest absolute Gasteiger partial charge is 0.216 e. The molecule has 0 amide bonds. The Kier molecular flexibility index (Phi) is 5.79. The summed E-state index contributed by atoms with van der Waals surface area (Å²) in [5, 5.41) is 2.79. The predicted molar refractivity (Wildman–Crippen MR) is 122 cm³/mol. The van der Waals surface area contributed by atoms with Gasteiger partial charge in [0.15, 0.2) is 5.75 Å². The molecule has 0 radical (unpaired) electrons. The standard InChI is InChI=1S/C24H18O4S2/c1-15-11-13-29-23(15)21(26)24-22(19-10-9-18(27-2)14-20(19)30-24)28-17-7-5-16(6-8-17)4-3-12-25/h3-14H,1-2H3/b4-3+. The number of benzene rings is 2. The fourth-order valence-electron chi connectivity index (χ4n) is 3.05. The van der Waals surface area contributed by atoms with Gasteiger partial charge in [0.25, 0.3) is 0 Å². The number of carbonyl (C=O) groups excluding carboxylic acids is 2. The summed E-state index contributed by atoms with van der Waals surface area (Å²) in [6, 6.07) is 15.0. The number of carbonyl (C=O) groups is 2. The van der Waals surface area contributed by atoms with Crippen LogP contribution < -0.4 is 9.47 Å². The minimum absolute atomic E-state index is 0.0387. The molecule has 2 heterocycles. The van der Waals surface area contributed by atoms with Gasteiger partial charge in [-0.15, -0.1) is 22.7 Å². The number of ketones is 1. The van der Waals surface area contributed by atoms with E-state index >= 15 is 0 Å². The molecular formula is C24H18O4S2. The Morgan fingerprint density at radius 3 is 2.43 bits per heavy atom. The summed E-state index contributed by atoms with van der Waals surface area (Å²) in [5.41, 5.74) is 1.84. The maximum absolute atomic E-state index is 13.3. The molecule has 4 aromatic rings. The predicted octanol–water partition coefficient (Wildman–Crippen LogP) is 6.52. The largest absolute Gasteiger partial charge is 0.497 e. The van der Waals surface area contributed by atoms with Gasteiger partial charge in [-0.3, -0.25) is 9.59 Å². The van der Waals surface area contributed by atoms with E-state index in [2.05, 4.69) is 0 Å². The van der Waals surface area contributed by atoms with Crippen LogP contribution in [0.4, 0.5) is 0 Å². The van der Waals surface area contributed by atoms with Gasteiger partial charge in [-0.2, -0.15) is 0 Å². The number of methoxy groups -OCH3 is 1. The van der Waals surface area contributed by atoms with E-state index in [1.165, 1.54) is 28.7 Å². The lowest BCUT2D eigenvalue weighted by Crippen LogP contribution is -2.00.